The highest BCUT2D eigenvalue weighted by atomic mass is 16.3. The number of piperidine rings is 1. The maximum Gasteiger partial charge on any atom is 0.253 e. The van der Waals surface area contributed by atoms with Crippen molar-refractivity contribution >= 4 is 5.91 Å². The molecule has 1 fully saturated rings. The van der Waals surface area contributed by atoms with Gasteiger partial charge in [-0.3, -0.25) is 4.79 Å². The topological polar surface area (TPSA) is 60.8 Å². The largest absolute Gasteiger partial charge is 0.392 e. The lowest BCUT2D eigenvalue weighted by molar-refractivity contribution is 0.0473. The molecule has 2 rings (SSSR count). The van der Waals surface area contributed by atoms with Crippen molar-refractivity contribution in [1.82, 2.24) is 4.90 Å². The molecule has 17 heavy (non-hydrogen) atoms. The summed E-state index contributed by atoms with van der Waals surface area (Å²) in [6, 6.07) is 6.92. The Morgan fingerprint density at radius 2 is 2.06 bits per heavy atom. The molecule has 1 unspecified atom stereocenters. The average Bonchev–Trinajstić information content (AvgIpc) is 2.38. The van der Waals surface area contributed by atoms with E-state index < -0.39 is 6.10 Å². The average molecular weight is 235 g/mol. The van der Waals surface area contributed by atoms with E-state index in [-0.39, 0.29) is 12.5 Å². The first-order chi connectivity index (χ1) is 8.20. The van der Waals surface area contributed by atoms with E-state index in [4.69, 9.17) is 5.11 Å². The Bertz CT molecular complexity index is 388. The summed E-state index contributed by atoms with van der Waals surface area (Å²) in [7, 11) is 0. The van der Waals surface area contributed by atoms with E-state index >= 15 is 0 Å². The van der Waals surface area contributed by atoms with Gasteiger partial charge in [-0.05, 0) is 30.5 Å². The Kier molecular flexibility index (Phi) is 3.76. The van der Waals surface area contributed by atoms with Crippen LogP contribution in [0.2, 0.25) is 0 Å². The standard InChI is InChI=1S/C13H17NO3/c15-9-10-3-5-11(6-4-10)13(17)14-7-1-2-12(16)8-14/h3-6,12,15-16H,1-2,7-9H2. The van der Waals surface area contributed by atoms with Crippen LogP contribution < -0.4 is 0 Å². The molecule has 0 bridgehead atoms. The number of hydrogen-bond acceptors (Lipinski definition) is 3. The van der Waals surface area contributed by atoms with Crippen LogP contribution in [0.1, 0.15) is 28.8 Å². The van der Waals surface area contributed by atoms with E-state index in [2.05, 4.69) is 0 Å². The van der Waals surface area contributed by atoms with Gasteiger partial charge in [0.2, 0.25) is 0 Å². The zero-order valence-corrected chi connectivity index (χ0v) is 9.67. The molecule has 1 aromatic carbocycles. The number of amides is 1. The van der Waals surface area contributed by atoms with Crippen molar-refractivity contribution in [3.05, 3.63) is 35.4 Å². The van der Waals surface area contributed by atoms with Crippen molar-refractivity contribution < 1.29 is 15.0 Å². The highest BCUT2D eigenvalue weighted by Crippen LogP contribution is 2.14. The van der Waals surface area contributed by atoms with Crippen LogP contribution in [-0.2, 0) is 6.61 Å². The molecule has 1 heterocycles. The van der Waals surface area contributed by atoms with Crippen LogP contribution in [0.25, 0.3) is 0 Å². The summed E-state index contributed by atoms with van der Waals surface area (Å²) in [4.78, 5) is 13.8. The van der Waals surface area contributed by atoms with Gasteiger partial charge >= 0.3 is 0 Å². The van der Waals surface area contributed by atoms with Gasteiger partial charge in [-0.25, -0.2) is 0 Å². The molecule has 0 aromatic heterocycles. The minimum atomic E-state index is -0.399. The lowest BCUT2D eigenvalue weighted by atomic mass is 10.1. The molecular formula is C13H17NO3. The predicted octanol–water partition coefficient (Wildman–Crippen LogP) is 0.776. The predicted molar refractivity (Wildman–Crippen MR) is 63.5 cm³/mol. The molecule has 1 atom stereocenters. The van der Waals surface area contributed by atoms with Crippen molar-refractivity contribution in [2.75, 3.05) is 13.1 Å². The summed E-state index contributed by atoms with van der Waals surface area (Å²) in [6.07, 6.45) is 1.22. The maximum atomic E-state index is 12.1. The van der Waals surface area contributed by atoms with Crippen LogP contribution in [0.3, 0.4) is 0 Å². The van der Waals surface area contributed by atoms with Crippen molar-refractivity contribution in [1.29, 1.82) is 0 Å². The van der Waals surface area contributed by atoms with Crippen LogP contribution in [0.15, 0.2) is 24.3 Å². The molecular weight excluding hydrogens is 218 g/mol. The minimum absolute atomic E-state index is 0.0170. The third-order valence-corrected chi connectivity index (χ3v) is 3.07. The van der Waals surface area contributed by atoms with E-state index in [0.29, 0.717) is 18.7 Å². The van der Waals surface area contributed by atoms with Crippen LogP contribution in [0.5, 0.6) is 0 Å². The molecule has 0 aliphatic carbocycles. The summed E-state index contributed by atoms with van der Waals surface area (Å²) in [6.45, 7) is 1.11. The second-order valence-electron chi connectivity index (χ2n) is 4.40. The number of nitrogens with zero attached hydrogens (tertiary/aromatic N) is 1. The molecule has 2 N–H and O–H groups in total. The molecule has 4 nitrogen and oxygen atoms in total. The molecule has 1 amide bonds. The maximum absolute atomic E-state index is 12.1. The summed E-state index contributed by atoms with van der Waals surface area (Å²) < 4.78 is 0. The normalized spacial score (nSPS) is 20.4. The van der Waals surface area contributed by atoms with Crippen LogP contribution >= 0.6 is 0 Å². The third kappa shape index (κ3) is 2.84. The van der Waals surface area contributed by atoms with Crippen molar-refractivity contribution in [2.24, 2.45) is 0 Å². The lowest BCUT2D eigenvalue weighted by Crippen LogP contribution is -2.42. The number of rotatable bonds is 2. The van der Waals surface area contributed by atoms with Gasteiger partial charge < -0.3 is 15.1 Å². The number of carbonyl (C=O) groups is 1. The van der Waals surface area contributed by atoms with Gasteiger partial charge in [-0.15, -0.1) is 0 Å². The number of carbonyl (C=O) groups excluding carboxylic acids is 1. The first kappa shape index (κ1) is 12.1. The number of hydrogen-bond donors (Lipinski definition) is 2. The first-order valence-corrected chi connectivity index (χ1v) is 5.88. The molecule has 1 aromatic rings. The lowest BCUT2D eigenvalue weighted by Gasteiger charge is -2.30. The number of benzene rings is 1. The monoisotopic (exact) mass is 235 g/mol. The van der Waals surface area contributed by atoms with Gasteiger partial charge in [-0.2, -0.15) is 0 Å². The van der Waals surface area contributed by atoms with Gasteiger partial charge in [0.05, 0.1) is 12.7 Å². The van der Waals surface area contributed by atoms with Crippen LogP contribution in [0.4, 0.5) is 0 Å². The Morgan fingerprint density at radius 1 is 1.35 bits per heavy atom. The summed E-state index contributed by atoms with van der Waals surface area (Å²) in [5.74, 6) is -0.0479. The minimum Gasteiger partial charge on any atom is -0.392 e. The Balaban J connectivity index is 2.07. The van der Waals surface area contributed by atoms with E-state index in [1.54, 1.807) is 29.2 Å². The van der Waals surface area contributed by atoms with Crippen LogP contribution in [0, 0.1) is 0 Å². The van der Waals surface area contributed by atoms with Gasteiger partial charge in [0.15, 0.2) is 0 Å². The molecule has 0 spiro atoms. The van der Waals surface area contributed by atoms with E-state index in [1.807, 2.05) is 0 Å². The number of aliphatic hydroxyl groups is 2. The Labute approximate surface area is 100 Å². The van der Waals surface area contributed by atoms with Crippen molar-refractivity contribution in [3.8, 4) is 0 Å². The van der Waals surface area contributed by atoms with Gasteiger partial charge in [0.25, 0.3) is 5.91 Å². The quantitative estimate of drug-likeness (QED) is 0.796. The van der Waals surface area contributed by atoms with Crippen LogP contribution in [-0.4, -0.2) is 40.2 Å². The van der Waals surface area contributed by atoms with E-state index in [9.17, 15) is 9.90 Å². The molecule has 0 saturated carbocycles. The zero-order chi connectivity index (χ0) is 12.3. The van der Waals surface area contributed by atoms with E-state index in [0.717, 1.165) is 18.4 Å². The molecule has 1 saturated heterocycles. The second kappa shape index (κ2) is 5.29. The molecule has 92 valence electrons. The Hall–Kier alpha value is -1.39. The highest BCUT2D eigenvalue weighted by molar-refractivity contribution is 5.94. The van der Waals surface area contributed by atoms with Gasteiger partial charge in [-0.1, -0.05) is 12.1 Å². The summed E-state index contributed by atoms with van der Waals surface area (Å²) in [5, 5.41) is 18.5. The SMILES string of the molecule is O=C(c1ccc(CO)cc1)N1CCCC(O)C1. The van der Waals surface area contributed by atoms with Crippen molar-refractivity contribution in [2.45, 2.75) is 25.6 Å². The fourth-order valence-electron chi connectivity index (χ4n) is 2.07. The van der Waals surface area contributed by atoms with Gasteiger partial charge in [0, 0.05) is 18.7 Å². The Morgan fingerprint density at radius 3 is 2.65 bits per heavy atom. The second-order valence-corrected chi connectivity index (χ2v) is 4.40. The number of aliphatic hydroxyl groups excluding tert-OH is 2. The molecule has 0 radical (unpaired) electrons. The molecule has 1 aliphatic rings. The number of β-amino-alcohol motifs (C(OH)–C–C–N with tert-alkyl or cyclic N) is 1. The fraction of sp³-hybridized carbons (Fsp3) is 0.462. The fourth-order valence-corrected chi connectivity index (χ4v) is 2.07. The van der Waals surface area contributed by atoms with Crippen molar-refractivity contribution in [3.63, 3.8) is 0 Å². The highest BCUT2D eigenvalue weighted by Gasteiger charge is 2.22. The summed E-state index contributed by atoms with van der Waals surface area (Å²) in [5.41, 5.74) is 1.40. The van der Waals surface area contributed by atoms with Gasteiger partial charge in [0.1, 0.15) is 0 Å². The summed E-state index contributed by atoms with van der Waals surface area (Å²) >= 11 is 0. The molecule has 4 heteroatoms. The molecule has 1 aliphatic heterocycles. The third-order valence-electron chi connectivity index (χ3n) is 3.07. The number of likely N-dealkylation sites (tertiary alicyclic amines) is 1. The van der Waals surface area contributed by atoms with E-state index in [1.165, 1.54) is 0 Å². The first-order valence-electron chi connectivity index (χ1n) is 5.88. The smallest absolute Gasteiger partial charge is 0.253 e. The zero-order valence-electron chi connectivity index (χ0n) is 9.67.